The van der Waals surface area contributed by atoms with Gasteiger partial charge >= 0.3 is 5.97 Å². The molecule has 0 saturated carbocycles. The van der Waals surface area contributed by atoms with E-state index in [-0.39, 0.29) is 41.2 Å². The third-order valence-electron chi connectivity index (χ3n) is 4.79. The van der Waals surface area contributed by atoms with Gasteiger partial charge < -0.3 is 24.8 Å². The average Bonchev–Trinajstić information content (AvgIpc) is 3.30. The number of hydrogen-bond donors (Lipinski definition) is 1. The molecule has 164 valence electrons. The Bertz CT molecular complexity index is 971. The molecule has 2 N–H and O–H groups in total. The number of ether oxygens (including phenoxy) is 3. The molecule has 1 fully saturated rings. The lowest BCUT2D eigenvalue weighted by molar-refractivity contribution is -0.119. The number of carbonyl (C=O) groups is 3. The van der Waals surface area contributed by atoms with Crippen LogP contribution in [0, 0.1) is 0 Å². The summed E-state index contributed by atoms with van der Waals surface area (Å²) in [6, 6.07) is 9.74. The third-order valence-corrected chi connectivity index (χ3v) is 5.07. The van der Waals surface area contributed by atoms with Crippen LogP contribution < -0.4 is 15.2 Å². The summed E-state index contributed by atoms with van der Waals surface area (Å²) in [6.07, 6.45) is 2.07. The molecule has 0 unspecified atom stereocenters. The summed E-state index contributed by atoms with van der Waals surface area (Å²) in [7, 11) is 1.38. The van der Waals surface area contributed by atoms with Gasteiger partial charge in [-0.15, -0.1) is 0 Å². The zero-order valence-electron chi connectivity index (χ0n) is 17.1. The highest BCUT2D eigenvalue weighted by Crippen LogP contribution is 2.36. The molecule has 2 aromatic rings. The number of rotatable bonds is 8. The second kappa shape index (κ2) is 10.2. The number of likely N-dealkylation sites (tertiary alicyclic amines) is 1. The topological polar surface area (TPSA) is 108 Å². The third kappa shape index (κ3) is 5.67. The fraction of sp³-hybridized carbons (Fsp3) is 0.318. The number of amides is 2. The Morgan fingerprint density at radius 3 is 2.35 bits per heavy atom. The number of methoxy groups -OCH3 is 1. The Hall–Kier alpha value is -3.26. The highest BCUT2D eigenvalue weighted by Gasteiger charge is 2.20. The number of esters is 1. The van der Waals surface area contributed by atoms with Crippen LogP contribution in [0.5, 0.6) is 11.5 Å². The van der Waals surface area contributed by atoms with Crippen molar-refractivity contribution in [1.82, 2.24) is 4.90 Å². The van der Waals surface area contributed by atoms with Crippen molar-refractivity contribution in [3.8, 4) is 11.5 Å². The molecule has 0 aliphatic carbocycles. The number of benzene rings is 2. The standard InChI is InChI=1S/C22H23ClN2O6/c1-29-18-11-16(10-17(23)20(18)30-13-19(24)26)22(28)31-12-14-4-6-15(7-5-14)21(27)25-8-2-3-9-25/h4-7,10-11H,2-3,8-9,12-13H2,1H3,(H2,24,26). The van der Waals surface area contributed by atoms with E-state index < -0.39 is 11.9 Å². The van der Waals surface area contributed by atoms with Crippen LogP contribution in [0.25, 0.3) is 0 Å². The van der Waals surface area contributed by atoms with Crippen LogP contribution in [-0.2, 0) is 16.1 Å². The molecular formula is C22H23ClN2O6. The minimum Gasteiger partial charge on any atom is -0.493 e. The molecule has 1 aliphatic rings. The first kappa shape index (κ1) is 22.4. The van der Waals surface area contributed by atoms with Crippen LogP contribution in [0.1, 0.15) is 39.1 Å². The molecule has 2 aromatic carbocycles. The Morgan fingerprint density at radius 2 is 1.74 bits per heavy atom. The van der Waals surface area contributed by atoms with Crippen LogP contribution in [0.3, 0.4) is 0 Å². The van der Waals surface area contributed by atoms with Crippen LogP contribution in [-0.4, -0.2) is 49.5 Å². The Kier molecular flexibility index (Phi) is 7.36. The van der Waals surface area contributed by atoms with Gasteiger partial charge in [-0.2, -0.15) is 0 Å². The van der Waals surface area contributed by atoms with E-state index in [0.717, 1.165) is 31.5 Å². The molecule has 0 atom stereocenters. The second-order valence-corrected chi connectivity index (χ2v) is 7.42. The first-order chi connectivity index (χ1) is 14.9. The van der Waals surface area contributed by atoms with Crippen LogP contribution in [0.2, 0.25) is 5.02 Å². The molecule has 1 saturated heterocycles. The van der Waals surface area contributed by atoms with E-state index in [2.05, 4.69) is 0 Å². The summed E-state index contributed by atoms with van der Waals surface area (Å²) in [6.45, 7) is 1.22. The molecule has 8 nitrogen and oxygen atoms in total. The SMILES string of the molecule is COc1cc(C(=O)OCc2ccc(C(=O)N3CCCC3)cc2)cc(Cl)c1OCC(N)=O. The highest BCUT2D eigenvalue weighted by atomic mass is 35.5. The van der Waals surface area contributed by atoms with Crippen molar-refractivity contribution in [2.75, 3.05) is 26.8 Å². The molecule has 31 heavy (non-hydrogen) atoms. The van der Waals surface area contributed by atoms with Crippen molar-refractivity contribution in [1.29, 1.82) is 0 Å². The van der Waals surface area contributed by atoms with E-state index in [1.54, 1.807) is 24.3 Å². The van der Waals surface area contributed by atoms with Gasteiger partial charge in [0, 0.05) is 18.7 Å². The van der Waals surface area contributed by atoms with E-state index in [4.69, 9.17) is 31.5 Å². The lowest BCUT2D eigenvalue weighted by Crippen LogP contribution is -2.27. The Morgan fingerprint density at radius 1 is 1.06 bits per heavy atom. The number of carbonyl (C=O) groups excluding carboxylic acids is 3. The summed E-state index contributed by atoms with van der Waals surface area (Å²) in [4.78, 5) is 37.6. The first-order valence-electron chi connectivity index (χ1n) is 9.73. The van der Waals surface area contributed by atoms with E-state index in [1.165, 1.54) is 19.2 Å². The number of nitrogens with two attached hydrogens (primary N) is 1. The van der Waals surface area contributed by atoms with Gasteiger partial charge in [-0.05, 0) is 42.7 Å². The van der Waals surface area contributed by atoms with Gasteiger partial charge in [-0.3, -0.25) is 9.59 Å². The van der Waals surface area contributed by atoms with Crippen LogP contribution in [0.15, 0.2) is 36.4 Å². The maximum absolute atomic E-state index is 12.5. The Balaban J connectivity index is 1.63. The molecule has 1 heterocycles. The monoisotopic (exact) mass is 446 g/mol. The normalized spacial score (nSPS) is 13.0. The quantitative estimate of drug-likeness (QED) is 0.624. The largest absolute Gasteiger partial charge is 0.493 e. The average molecular weight is 447 g/mol. The summed E-state index contributed by atoms with van der Waals surface area (Å²) in [5.41, 5.74) is 6.58. The molecule has 0 bridgehead atoms. The van der Waals surface area contributed by atoms with Gasteiger partial charge in [0.25, 0.3) is 11.8 Å². The summed E-state index contributed by atoms with van der Waals surface area (Å²) < 4.78 is 15.8. The molecule has 0 aromatic heterocycles. The van der Waals surface area contributed by atoms with Crippen LogP contribution >= 0.6 is 11.6 Å². The van der Waals surface area contributed by atoms with E-state index in [9.17, 15) is 14.4 Å². The number of primary amides is 1. The van der Waals surface area contributed by atoms with Crippen molar-refractivity contribution in [2.45, 2.75) is 19.4 Å². The fourth-order valence-electron chi connectivity index (χ4n) is 3.20. The molecule has 1 aliphatic heterocycles. The minimum absolute atomic E-state index is 0.0152. The zero-order chi connectivity index (χ0) is 22.4. The molecule has 0 spiro atoms. The maximum atomic E-state index is 12.5. The van der Waals surface area contributed by atoms with E-state index in [0.29, 0.717) is 5.56 Å². The van der Waals surface area contributed by atoms with Gasteiger partial charge in [-0.1, -0.05) is 23.7 Å². The molecular weight excluding hydrogens is 424 g/mol. The number of halogens is 1. The smallest absolute Gasteiger partial charge is 0.338 e. The first-order valence-corrected chi connectivity index (χ1v) is 10.1. The van der Waals surface area contributed by atoms with Crippen molar-refractivity contribution in [3.05, 3.63) is 58.1 Å². The lowest BCUT2D eigenvalue weighted by atomic mass is 10.1. The predicted molar refractivity (Wildman–Crippen MR) is 113 cm³/mol. The van der Waals surface area contributed by atoms with Crippen molar-refractivity contribution in [3.63, 3.8) is 0 Å². The minimum atomic E-state index is -0.672. The van der Waals surface area contributed by atoms with E-state index >= 15 is 0 Å². The predicted octanol–water partition coefficient (Wildman–Crippen LogP) is 2.81. The van der Waals surface area contributed by atoms with Gasteiger partial charge in [0.05, 0.1) is 17.7 Å². The van der Waals surface area contributed by atoms with Crippen LogP contribution in [0.4, 0.5) is 0 Å². The summed E-state index contributed by atoms with van der Waals surface area (Å²) in [5.74, 6) is -0.988. The number of hydrogen-bond acceptors (Lipinski definition) is 6. The van der Waals surface area contributed by atoms with Gasteiger partial charge in [0.15, 0.2) is 18.1 Å². The zero-order valence-corrected chi connectivity index (χ0v) is 17.8. The molecule has 3 rings (SSSR count). The summed E-state index contributed by atoms with van der Waals surface area (Å²) >= 11 is 6.16. The second-order valence-electron chi connectivity index (χ2n) is 7.02. The van der Waals surface area contributed by atoms with Gasteiger partial charge in [0.2, 0.25) is 0 Å². The maximum Gasteiger partial charge on any atom is 0.338 e. The van der Waals surface area contributed by atoms with Gasteiger partial charge in [-0.25, -0.2) is 4.79 Å². The summed E-state index contributed by atoms with van der Waals surface area (Å²) in [5, 5.41) is 0.0809. The van der Waals surface area contributed by atoms with Crippen molar-refractivity contribution in [2.24, 2.45) is 5.73 Å². The molecule has 0 radical (unpaired) electrons. The lowest BCUT2D eigenvalue weighted by Gasteiger charge is -2.15. The number of nitrogens with zero attached hydrogens (tertiary/aromatic N) is 1. The van der Waals surface area contributed by atoms with Crippen molar-refractivity contribution >= 4 is 29.4 Å². The van der Waals surface area contributed by atoms with Crippen molar-refractivity contribution < 1.29 is 28.6 Å². The van der Waals surface area contributed by atoms with Gasteiger partial charge in [0.1, 0.15) is 6.61 Å². The highest BCUT2D eigenvalue weighted by molar-refractivity contribution is 6.32. The molecule has 9 heteroatoms. The van der Waals surface area contributed by atoms with E-state index in [1.807, 2.05) is 4.90 Å². The Labute approximate surface area is 184 Å². The molecule has 2 amide bonds. The fourth-order valence-corrected chi connectivity index (χ4v) is 3.46.